The van der Waals surface area contributed by atoms with Crippen LogP contribution in [0.2, 0.25) is 0 Å². The molecule has 2 aromatic rings. The largest absolute Gasteiger partial charge is 0.508 e. The Morgan fingerprint density at radius 1 is 1.16 bits per heavy atom. The lowest BCUT2D eigenvalue weighted by atomic mass is 9.57. The van der Waals surface area contributed by atoms with E-state index in [1.54, 1.807) is 19.1 Å². The highest BCUT2D eigenvalue weighted by Gasteiger charge is 2.64. The fourth-order valence-corrected chi connectivity index (χ4v) is 7.25. The number of hydrogen-bond acceptors (Lipinski definition) is 12. The number of nitrogens with one attached hydrogen (secondary N) is 1. The van der Waals surface area contributed by atoms with Crippen molar-refractivity contribution in [3.63, 3.8) is 0 Å². The van der Waals surface area contributed by atoms with Gasteiger partial charge in [-0.15, -0.1) is 0 Å². The average Bonchev–Trinajstić information content (AvgIpc) is 2.95. The van der Waals surface area contributed by atoms with Crippen molar-refractivity contribution in [1.82, 2.24) is 15.5 Å². The van der Waals surface area contributed by atoms with E-state index in [-0.39, 0.29) is 36.3 Å². The van der Waals surface area contributed by atoms with Crippen molar-refractivity contribution < 1.29 is 39.6 Å². The van der Waals surface area contributed by atoms with Crippen LogP contribution < -0.4 is 21.1 Å². The van der Waals surface area contributed by atoms with Gasteiger partial charge in [-0.3, -0.25) is 19.3 Å². The lowest BCUT2D eigenvalue weighted by molar-refractivity contribution is -0.153. The number of benzene rings is 2. The number of nitrogens with zero attached hydrogens (tertiary/aromatic N) is 3. The zero-order chi connectivity index (χ0) is 31.8. The van der Waals surface area contributed by atoms with Gasteiger partial charge < -0.3 is 35.9 Å². The third kappa shape index (κ3) is 4.19. The molecular formula is C31H35N5O8. The molecule has 232 valence electrons. The minimum absolute atomic E-state index is 0.0234. The summed E-state index contributed by atoms with van der Waals surface area (Å²) in [6, 6.07) is 8.20. The summed E-state index contributed by atoms with van der Waals surface area (Å²) in [6.45, 7) is 0.629. The Hall–Kier alpha value is -4.43. The van der Waals surface area contributed by atoms with Gasteiger partial charge in [0.2, 0.25) is 5.78 Å². The van der Waals surface area contributed by atoms with Crippen LogP contribution in [0.1, 0.15) is 28.7 Å². The smallest absolute Gasteiger partial charge is 0.255 e. The van der Waals surface area contributed by atoms with Crippen molar-refractivity contribution in [3.8, 4) is 11.5 Å². The van der Waals surface area contributed by atoms with Crippen molar-refractivity contribution in [1.29, 1.82) is 0 Å². The van der Waals surface area contributed by atoms with Gasteiger partial charge >= 0.3 is 0 Å². The van der Waals surface area contributed by atoms with Gasteiger partial charge in [-0.1, -0.05) is 23.8 Å². The average molecular weight is 606 g/mol. The molecule has 0 saturated heterocycles. The minimum Gasteiger partial charge on any atom is -0.508 e. The summed E-state index contributed by atoms with van der Waals surface area (Å²) >= 11 is 0. The van der Waals surface area contributed by atoms with Crippen LogP contribution in [0.3, 0.4) is 0 Å². The first kappa shape index (κ1) is 29.6. The van der Waals surface area contributed by atoms with Crippen LogP contribution in [0.15, 0.2) is 47.2 Å². The van der Waals surface area contributed by atoms with E-state index < -0.39 is 58.0 Å². The SMILES string of the molecule is CN(C)c1cc(CN2Cc3ccccc3ON2)c(O)c2c1C[C@H]1C[C@H]3C(N(C)C)C(=O)C(C(N)=O)=C(O)[C@@]3(O)C(=O)C1=C2O. The van der Waals surface area contributed by atoms with Crippen LogP contribution in [0.5, 0.6) is 11.5 Å². The topological polar surface area (TPSA) is 189 Å². The number of phenolic OH excluding ortho intramolecular Hbond substituents is 1. The van der Waals surface area contributed by atoms with E-state index >= 15 is 0 Å². The van der Waals surface area contributed by atoms with Gasteiger partial charge in [-0.05, 0) is 50.6 Å². The first-order chi connectivity index (χ1) is 20.8. The Morgan fingerprint density at radius 3 is 2.52 bits per heavy atom. The predicted octanol–water partition coefficient (Wildman–Crippen LogP) is 0.844. The summed E-state index contributed by atoms with van der Waals surface area (Å²) < 4.78 is 0. The first-order valence-corrected chi connectivity index (χ1v) is 14.2. The van der Waals surface area contributed by atoms with Crippen LogP contribution in [0, 0.1) is 11.8 Å². The van der Waals surface area contributed by atoms with Gasteiger partial charge in [0.05, 0.1) is 11.6 Å². The summed E-state index contributed by atoms with van der Waals surface area (Å²) in [4.78, 5) is 48.6. The fraction of sp³-hybridized carbons (Fsp3) is 0.387. The summed E-state index contributed by atoms with van der Waals surface area (Å²) in [5, 5.41) is 48.0. The molecule has 0 radical (unpaired) electrons. The number of likely N-dealkylation sites (N-methyl/N-ethyl adjacent to an activating group) is 1. The van der Waals surface area contributed by atoms with E-state index in [9.17, 15) is 34.8 Å². The minimum atomic E-state index is -2.69. The second-order valence-corrected chi connectivity index (χ2v) is 12.3. The number of nitrogens with two attached hydrogens (primary N) is 1. The van der Waals surface area contributed by atoms with Gasteiger partial charge in [0.25, 0.3) is 5.91 Å². The highest BCUT2D eigenvalue weighted by atomic mass is 16.7. The number of fused-ring (bicyclic) bond motifs is 4. The zero-order valence-electron chi connectivity index (χ0n) is 24.8. The normalized spacial score (nSPS) is 26.5. The zero-order valence-corrected chi connectivity index (χ0v) is 24.8. The number of aliphatic hydroxyl groups is 3. The molecule has 13 heteroatoms. The number of phenols is 1. The molecule has 1 heterocycles. The number of Topliss-reactive ketones (excluding diaryl/α,β-unsaturated/α-hetero) is 2. The molecule has 1 aliphatic heterocycles. The molecular weight excluding hydrogens is 570 g/mol. The quantitative estimate of drug-likeness (QED) is 0.264. The summed E-state index contributed by atoms with van der Waals surface area (Å²) in [5.74, 6) is -6.11. The number of anilines is 1. The molecule has 1 amide bonds. The predicted molar refractivity (Wildman–Crippen MR) is 158 cm³/mol. The third-order valence-electron chi connectivity index (χ3n) is 9.24. The van der Waals surface area contributed by atoms with Gasteiger partial charge in [0.1, 0.15) is 22.8 Å². The highest BCUT2D eigenvalue weighted by molar-refractivity contribution is 6.24. The molecule has 3 aliphatic carbocycles. The maximum absolute atomic E-state index is 14.2. The fourth-order valence-electron chi connectivity index (χ4n) is 7.25. The standard InChI is InChI=1S/C31H35N5O8/c1-34(2)19-11-16(13-36-12-14-7-5-6-8-20(14)44-33-36)25(37)22-17(19)9-15-10-18-24(35(3)4)27(39)23(30(32)42)29(41)31(18,43)28(40)21(15)26(22)38/h5-8,11,15,18,24,33,37-38,41,43H,9-10,12-13H2,1-4H3,(H2,32,42)/t15-,18-,24?,31-/m0/s1. The number of aliphatic hydroxyl groups excluding tert-OH is 2. The monoisotopic (exact) mass is 605 g/mol. The lowest BCUT2D eigenvalue weighted by Gasteiger charge is -2.50. The Labute approximate surface area is 253 Å². The molecule has 0 spiro atoms. The summed E-state index contributed by atoms with van der Waals surface area (Å²) in [7, 11) is 6.79. The van der Waals surface area contributed by atoms with Crippen LogP contribution in [-0.2, 0) is 33.9 Å². The van der Waals surface area contributed by atoms with Gasteiger partial charge in [-0.2, -0.15) is 0 Å². The van der Waals surface area contributed by atoms with Crippen molar-refractivity contribution in [3.05, 3.63) is 69.5 Å². The number of amides is 1. The molecule has 13 nitrogen and oxygen atoms in total. The van der Waals surface area contributed by atoms with Gasteiger partial charge in [0.15, 0.2) is 17.1 Å². The maximum Gasteiger partial charge on any atom is 0.255 e. The van der Waals surface area contributed by atoms with E-state index in [0.29, 0.717) is 29.1 Å². The van der Waals surface area contributed by atoms with Crippen molar-refractivity contribution in [2.45, 2.75) is 37.6 Å². The Kier molecular flexibility index (Phi) is 6.96. The number of para-hydroxylation sites is 1. The second-order valence-electron chi connectivity index (χ2n) is 12.3. The van der Waals surface area contributed by atoms with Crippen molar-refractivity contribution in [2.75, 3.05) is 33.1 Å². The molecule has 7 N–H and O–H groups in total. The number of ketones is 2. The van der Waals surface area contributed by atoms with Crippen LogP contribution >= 0.6 is 0 Å². The number of hydrazine groups is 1. The van der Waals surface area contributed by atoms with Crippen LogP contribution in [-0.4, -0.2) is 87.6 Å². The number of carbonyl (C=O) groups excluding carboxylic acids is 3. The molecule has 1 unspecified atom stereocenters. The Balaban J connectivity index is 1.47. The summed E-state index contributed by atoms with van der Waals surface area (Å²) in [6.07, 6.45) is 0.226. The van der Waals surface area contributed by atoms with E-state index in [2.05, 4.69) is 5.59 Å². The molecule has 1 saturated carbocycles. The van der Waals surface area contributed by atoms with Gasteiger partial charge in [0, 0.05) is 55.5 Å². The molecule has 1 fully saturated rings. The van der Waals surface area contributed by atoms with Crippen molar-refractivity contribution >= 4 is 28.9 Å². The van der Waals surface area contributed by atoms with E-state index in [4.69, 9.17) is 10.6 Å². The van der Waals surface area contributed by atoms with E-state index in [1.807, 2.05) is 49.3 Å². The number of primary amides is 1. The van der Waals surface area contributed by atoms with Gasteiger partial charge in [-0.25, -0.2) is 5.01 Å². The molecule has 4 aliphatic rings. The number of carbonyl (C=O) groups is 3. The third-order valence-corrected chi connectivity index (χ3v) is 9.24. The molecule has 2 aromatic carbocycles. The van der Waals surface area contributed by atoms with Crippen LogP contribution in [0.4, 0.5) is 5.69 Å². The van der Waals surface area contributed by atoms with E-state index in [1.165, 1.54) is 4.90 Å². The summed E-state index contributed by atoms with van der Waals surface area (Å²) in [5.41, 5.74) is 7.25. The molecule has 0 bridgehead atoms. The molecule has 44 heavy (non-hydrogen) atoms. The maximum atomic E-state index is 14.2. The number of rotatable bonds is 5. The number of hydrogen-bond donors (Lipinski definition) is 6. The van der Waals surface area contributed by atoms with Crippen molar-refractivity contribution in [2.24, 2.45) is 17.6 Å². The first-order valence-electron chi connectivity index (χ1n) is 14.2. The highest BCUT2D eigenvalue weighted by Crippen LogP contribution is 2.54. The lowest BCUT2D eigenvalue weighted by Crippen LogP contribution is -2.65. The Morgan fingerprint density at radius 2 is 1.86 bits per heavy atom. The molecule has 0 aromatic heterocycles. The molecule has 6 rings (SSSR count). The molecule has 4 atom stereocenters. The Bertz CT molecular complexity index is 1680. The van der Waals surface area contributed by atoms with E-state index in [0.717, 1.165) is 5.56 Å². The van der Waals surface area contributed by atoms with Crippen LogP contribution in [0.25, 0.3) is 5.76 Å². The second kappa shape index (κ2) is 10.3. The number of aromatic hydroxyl groups is 1.